The lowest BCUT2D eigenvalue weighted by Crippen LogP contribution is -2.23. The molecule has 110 valence electrons. The highest BCUT2D eigenvalue weighted by Gasteiger charge is 2.16. The Labute approximate surface area is 118 Å². The zero-order valence-electron chi connectivity index (χ0n) is 12.6. The molecule has 2 rings (SSSR count). The number of ether oxygens (including phenoxy) is 1. The molecular weight excluding hydrogens is 254 g/mol. The smallest absolute Gasteiger partial charge is 0.329 e. The van der Waals surface area contributed by atoms with Crippen LogP contribution in [0.3, 0.4) is 0 Å². The second-order valence-corrected chi connectivity index (χ2v) is 5.03. The summed E-state index contributed by atoms with van der Waals surface area (Å²) in [5.74, 6) is 0. The highest BCUT2D eigenvalue weighted by molar-refractivity contribution is 5.78. The van der Waals surface area contributed by atoms with Crippen LogP contribution in [0.4, 0.5) is 0 Å². The summed E-state index contributed by atoms with van der Waals surface area (Å²) in [4.78, 5) is 12.3. The molecule has 5 heteroatoms. The van der Waals surface area contributed by atoms with Gasteiger partial charge in [-0.2, -0.15) is 0 Å². The van der Waals surface area contributed by atoms with Gasteiger partial charge in [-0.3, -0.25) is 9.13 Å². The molecule has 2 N–H and O–H groups in total. The van der Waals surface area contributed by atoms with Crippen LogP contribution >= 0.6 is 0 Å². The Bertz CT molecular complexity index is 670. The van der Waals surface area contributed by atoms with E-state index in [2.05, 4.69) is 6.07 Å². The summed E-state index contributed by atoms with van der Waals surface area (Å²) < 4.78 is 8.73. The predicted molar refractivity (Wildman–Crippen MR) is 81.1 cm³/mol. The number of rotatable bonds is 5. The van der Waals surface area contributed by atoms with Crippen LogP contribution in [0, 0.1) is 6.92 Å². The van der Waals surface area contributed by atoms with Crippen molar-refractivity contribution in [2.75, 3.05) is 13.7 Å². The molecule has 2 aromatic rings. The minimum Gasteiger partial charge on any atom is -0.383 e. The van der Waals surface area contributed by atoms with E-state index >= 15 is 0 Å². The fourth-order valence-corrected chi connectivity index (χ4v) is 2.76. The first-order chi connectivity index (χ1) is 9.54. The summed E-state index contributed by atoms with van der Waals surface area (Å²) in [5.41, 5.74) is 10.2. The number of fused-ring (bicyclic) bond motifs is 1. The highest BCUT2D eigenvalue weighted by Crippen LogP contribution is 2.23. The van der Waals surface area contributed by atoms with Gasteiger partial charge in [0.25, 0.3) is 0 Å². The van der Waals surface area contributed by atoms with E-state index in [1.54, 1.807) is 16.2 Å². The van der Waals surface area contributed by atoms with Crippen LogP contribution in [0.2, 0.25) is 0 Å². The summed E-state index contributed by atoms with van der Waals surface area (Å²) in [6.07, 6.45) is 0. The second-order valence-electron chi connectivity index (χ2n) is 5.03. The van der Waals surface area contributed by atoms with Gasteiger partial charge in [0.1, 0.15) is 0 Å². The van der Waals surface area contributed by atoms with Crippen LogP contribution in [-0.4, -0.2) is 22.9 Å². The number of imidazole rings is 1. The molecule has 0 saturated carbocycles. The lowest BCUT2D eigenvalue weighted by molar-refractivity contribution is 0.181. The van der Waals surface area contributed by atoms with Crippen LogP contribution in [0.1, 0.15) is 31.0 Å². The fraction of sp³-hybridized carbons (Fsp3) is 0.533. The third-order valence-electron chi connectivity index (χ3n) is 3.78. The number of aryl methyl sites for hydroxylation is 3. The quantitative estimate of drug-likeness (QED) is 0.906. The molecule has 0 spiro atoms. The maximum atomic E-state index is 12.3. The zero-order chi connectivity index (χ0) is 14.9. The first-order valence-corrected chi connectivity index (χ1v) is 7.03. The van der Waals surface area contributed by atoms with E-state index in [1.165, 1.54) is 0 Å². The van der Waals surface area contributed by atoms with Crippen molar-refractivity contribution in [1.82, 2.24) is 9.13 Å². The summed E-state index contributed by atoms with van der Waals surface area (Å²) in [7, 11) is 1.64. The minimum absolute atomic E-state index is 0.0434. The summed E-state index contributed by atoms with van der Waals surface area (Å²) >= 11 is 0. The highest BCUT2D eigenvalue weighted by atomic mass is 16.5. The Kier molecular flexibility index (Phi) is 4.30. The molecule has 0 saturated heterocycles. The van der Waals surface area contributed by atoms with Gasteiger partial charge < -0.3 is 10.5 Å². The van der Waals surface area contributed by atoms with Crippen LogP contribution in [-0.2, 0) is 17.8 Å². The number of hydrogen-bond donors (Lipinski definition) is 1. The number of hydrogen-bond acceptors (Lipinski definition) is 3. The molecule has 0 aliphatic carbocycles. The van der Waals surface area contributed by atoms with Crippen molar-refractivity contribution in [1.29, 1.82) is 0 Å². The summed E-state index contributed by atoms with van der Waals surface area (Å²) in [6, 6.07) is 3.91. The number of aromatic nitrogens is 2. The number of nitrogens with two attached hydrogens (primary N) is 1. The molecule has 1 aromatic carbocycles. The number of benzene rings is 1. The standard InChI is InChI=1S/C15H23N3O2/c1-5-17-13-7-10(3)11(12(16)9-20-4)8-14(13)18(6-2)15(17)19/h7-8,12H,5-6,9,16H2,1-4H3. The minimum atomic E-state index is -0.171. The van der Waals surface area contributed by atoms with E-state index in [4.69, 9.17) is 10.5 Å². The van der Waals surface area contributed by atoms with Crippen molar-refractivity contribution < 1.29 is 4.74 Å². The number of nitrogens with zero attached hydrogens (tertiary/aromatic N) is 2. The molecule has 0 fully saturated rings. The molecule has 0 bridgehead atoms. The number of methoxy groups -OCH3 is 1. The van der Waals surface area contributed by atoms with Gasteiger partial charge in [-0.15, -0.1) is 0 Å². The Morgan fingerprint density at radius 3 is 2.25 bits per heavy atom. The zero-order valence-corrected chi connectivity index (χ0v) is 12.6. The fourth-order valence-electron chi connectivity index (χ4n) is 2.76. The lowest BCUT2D eigenvalue weighted by atomic mass is 10.0. The first kappa shape index (κ1) is 14.8. The van der Waals surface area contributed by atoms with E-state index in [0.29, 0.717) is 19.7 Å². The molecule has 1 aromatic heterocycles. The van der Waals surface area contributed by atoms with Gasteiger partial charge >= 0.3 is 5.69 Å². The van der Waals surface area contributed by atoms with Crippen LogP contribution in [0.25, 0.3) is 11.0 Å². The van der Waals surface area contributed by atoms with Gasteiger partial charge in [0, 0.05) is 20.2 Å². The Morgan fingerprint density at radius 1 is 1.20 bits per heavy atom. The average molecular weight is 277 g/mol. The average Bonchev–Trinajstić information content (AvgIpc) is 2.68. The first-order valence-electron chi connectivity index (χ1n) is 7.03. The normalized spacial score (nSPS) is 13.1. The lowest BCUT2D eigenvalue weighted by Gasteiger charge is -2.14. The maximum Gasteiger partial charge on any atom is 0.329 e. The van der Waals surface area contributed by atoms with Crippen LogP contribution in [0.15, 0.2) is 16.9 Å². The van der Waals surface area contributed by atoms with Gasteiger partial charge in [-0.1, -0.05) is 0 Å². The van der Waals surface area contributed by atoms with E-state index in [-0.39, 0.29) is 11.7 Å². The summed E-state index contributed by atoms with van der Waals surface area (Å²) in [6.45, 7) is 7.79. The Balaban J connectivity index is 2.72. The molecule has 0 aliphatic heterocycles. The SMILES string of the molecule is CCn1c(=O)n(CC)c2cc(C(N)COC)c(C)cc21. The molecular formula is C15H23N3O2. The van der Waals surface area contributed by atoms with Gasteiger partial charge in [0.05, 0.1) is 23.7 Å². The van der Waals surface area contributed by atoms with E-state index in [1.807, 2.05) is 26.8 Å². The van der Waals surface area contributed by atoms with Crippen molar-refractivity contribution in [3.63, 3.8) is 0 Å². The molecule has 20 heavy (non-hydrogen) atoms. The van der Waals surface area contributed by atoms with Gasteiger partial charge in [-0.05, 0) is 44.0 Å². The van der Waals surface area contributed by atoms with Crippen molar-refractivity contribution in [3.05, 3.63) is 33.7 Å². The van der Waals surface area contributed by atoms with Gasteiger partial charge in [0.2, 0.25) is 0 Å². The molecule has 0 radical (unpaired) electrons. The third-order valence-corrected chi connectivity index (χ3v) is 3.78. The van der Waals surface area contributed by atoms with Crippen molar-refractivity contribution >= 4 is 11.0 Å². The van der Waals surface area contributed by atoms with Crippen molar-refractivity contribution in [2.45, 2.75) is 39.9 Å². The molecule has 1 atom stereocenters. The van der Waals surface area contributed by atoms with Crippen molar-refractivity contribution in [3.8, 4) is 0 Å². The Hall–Kier alpha value is -1.59. The third kappa shape index (κ3) is 2.27. The van der Waals surface area contributed by atoms with Crippen LogP contribution < -0.4 is 11.4 Å². The summed E-state index contributed by atoms with van der Waals surface area (Å²) in [5, 5.41) is 0. The maximum absolute atomic E-state index is 12.3. The molecule has 0 aliphatic rings. The van der Waals surface area contributed by atoms with E-state index in [0.717, 1.165) is 22.2 Å². The molecule has 1 unspecified atom stereocenters. The van der Waals surface area contributed by atoms with E-state index in [9.17, 15) is 4.79 Å². The second kappa shape index (κ2) is 5.81. The van der Waals surface area contributed by atoms with E-state index < -0.39 is 0 Å². The van der Waals surface area contributed by atoms with Gasteiger partial charge in [-0.25, -0.2) is 4.79 Å². The van der Waals surface area contributed by atoms with Crippen molar-refractivity contribution in [2.24, 2.45) is 5.73 Å². The Morgan fingerprint density at radius 2 is 1.75 bits per heavy atom. The van der Waals surface area contributed by atoms with Gasteiger partial charge in [0.15, 0.2) is 0 Å². The topological polar surface area (TPSA) is 62.2 Å². The predicted octanol–water partition coefficient (Wildman–Crippen LogP) is 1.80. The largest absolute Gasteiger partial charge is 0.383 e. The molecule has 5 nitrogen and oxygen atoms in total. The molecule has 0 amide bonds. The molecule has 1 heterocycles. The van der Waals surface area contributed by atoms with Crippen LogP contribution in [0.5, 0.6) is 0 Å². The monoisotopic (exact) mass is 277 g/mol.